The minimum absolute atomic E-state index is 0.238. The summed E-state index contributed by atoms with van der Waals surface area (Å²) in [7, 11) is 1.87. The molecular formula is C11H19N3O2. The maximum Gasteiger partial charge on any atom is 0.0945 e. The van der Waals surface area contributed by atoms with Crippen LogP contribution in [0.3, 0.4) is 0 Å². The van der Waals surface area contributed by atoms with Crippen LogP contribution in [0.5, 0.6) is 0 Å². The van der Waals surface area contributed by atoms with Crippen LogP contribution < -0.4 is 5.73 Å². The highest BCUT2D eigenvalue weighted by Crippen LogP contribution is 2.30. The zero-order valence-corrected chi connectivity index (χ0v) is 9.59. The van der Waals surface area contributed by atoms with Crippen molar-refractivity contribution < 1.29 is 9.84 Å². The highest BCUT2D eigenvalue weighted by Gasteiger charge is 2.24. The van der Waals surface area contributed by atoms with Crippen LogP contribution in [0.4, 0.5) is 0 Å². The van der Waals surface area contributed by atoms with Gasteiger partial charge in [-0.15, -0.1) is 0 Å². The molecule has 0 amide bonds. The molecule has 1 aliphatic rings. The first-order valence-corrected chi connectivity index (χ1v) is 5.71. The molecule has 1 fully saturated rings. The van der Waals surface area contributed by atoms with Gasteiger partial charge in [0.15, 0.2) is 0 Å². The van der Waals surface area contributed by atoms with E-state index in [-0.39, 0.29) is 6.54 Å². The highest BCUT2D eigenvalue weighted by molar-refractivity contribution is 5.24. The zero-order valence-electron chi connectivity index (χ0n) is 9.59. The Morgan fingerprint density at radius 1 is 1.62 bits per heavy atom. The summed E-state index contributed by atoms with van der Waals surface area (Å²) in [5, 5.41) is 14.3. The van der Waals surface area contributed by atoms with Gasteiger partial charge in [-0.25, -0.2) is 0 Å². The van der Waals surface area contributed by atoms with E-state index in [0.717, 1.165) is 37.3 Å². The van der Waals surface area contributed by atoms with Gasteiger partial charge >= 0.3 is 0 Å². The van der Waals surface area contributed by atoms with Crippen LogP contribution in [-0.4, -0.2) is 34.6 Å². The first kappa shape index (κ1) is 11.6. The van der Waals surface area contributed by atoms with E-state index in [0.29, 0.717) is 5.92 Å². The fourth-order valence-electron chi connectivity index (χ4n) is 2.20. The fraction of sp³-hybridized carbons (Fsp3) is 0.727. The average molecular weight is 225 g/mol. The Bertz CT molecular complexity index is 345. The van der Waals surface area contributed by atoms with E-state index in [1.807, 2.05) is 13.2 Å². The number of aryl methyl sites for hydroxylation is 1. The molecule has 2 rings (SSSR count). The maximum absolute atomic E-state index is 9.84. The molecule has 0 aromatic carbocycles. The minimum atomic E-state index is -0.605. The normalized spacial score (nSPS) is 19.9. The fourth-order valence-corrected chi connectivity index (χ4v) is 2.20. The Balaban J connectivity index is 2.24. The number of aliphatic hydroxyl groups is 1. The number of aliphatic hydroxyl groups excluding tert-OH is 1. The third kappa shape index (κ3) is 2.26. The van der Waals surface area contributed by atoms with Crippen molar-refractivity contribution in [3.05, 3.63) is 17.5 Å². The molecule has 1 aromatic heterocycles. The smallest absolute Gasteiger partial charge is 0.0945 e. The number of hydrogen-bond acceptors (Lipinski definition) is 4. The summed E-state index contributed by atoms with van der Waals surface area (Å²) >= 11 is 0. The Morgan fingerprint density at radius 2 is 2.31 bits per heavy atom. The van der Waals surface area contributed by atoms with Crippen molar-refractivity contribution in [2.45, 2.75) is 24.9 Å². The number of hydrogen-bond donors (Lipinski definition) is 2. The molecule has 0 aliphatic carbocycles. The van der Waals surface area contributed by atoms with Crippen molar-refractivity contribution in [2.24, 2.45) is 12.8 Å². The molecule has 0 bridgehead atoms. The largest absolute Gasteiger partial charge is 0.387 e. The van der Waals surface area contributed by atoms with Gasteiger partial charge in [-0.3, -0.25) is 4.68 Å². The van der Waals surface area contributed by atoms with Gasteiger partial charge in [0.1, 0.15) is 0 Å². The lowest BCUT2D eigenvalue weighted by atomic mass is 9.92. The van der Waals surface area contributed by atoms with Crippen LogP contribution in [0.15, 0.2) is 6.20 Å². The maximum atomic E-state index is 9.84. The van der Waals surface area contributed by atoms with Crippen LogP contribution in [-0.2, 0) is 11.8 Å². The van der Waals surface area contributed by atoms with Crippen LogP contribution >= 0.6 is 0 Å². The molecule has 1 aliphatic heterocycles. The number of aromatic nitrogens is 2. The minimum Gasteiger partial charge on any atom is -0.387 e. The van der Waals surface area contributed by atoms with E-state index in [2.05, 4.69) is 5.10 Å². The third-order valence-electron chi connectivity index (χ3n) is 3.08. The van der Waals surface area contributed by atoms with Crippen molar-refractivity contribution >= 4 is 0 Å². The molecule has 0 unspecified atom stereocenters. The molecule has 90 valence electrons. The summed E-state index contributed by atoms with van der Waals surface area (Å²) < 4.78 is 7.08. The van der Waals surface area contributed by atoms with E-state index in [1.165, 1.54) is 0 Å². The second-order valence-corrected chi connectivity index (χ2v) is 4.28. The van der Waals surface area contributed by atoms with Gasteiger partial charge in [0.05, 0.1) is 11.8 Å². The Labute approximate surface area is 95.2 Å². The zero-order chi connectivity index (χ0) is 11.5. The molecule has 16 heavy (non-hydrogen) atoms. The van der Waals surface area contributed by atoms with E-state index in [4.69, 9.17) is 10.5 Å². The summed E-state index contributed by atoms with van der Waals surface area (Å²) in [4.78, 5) is 0. The van der Waals surface area contributed by atoms with Gasteiger partial charge in [-0.1, -0.05) is 0 Å². The standard InChI is InChI=1S/C11H19N3O2/c1-14-7-9(10(15)6-12)11(13-14)8-2-4-16-5-3-8/h7-8,10,15H,2-6,12H2,1H3/t10-/m1/s1. The van der Waals surface area contributed by atoms with Crippen molar-refractivity contribution in [1.82, 2.24) is 9.78 Å². The molecule has 1 aromatic rings. The van der Waals surface area contributed by atoms with Gasteiger partial charge in [0, 0.05) is 44.5 Å². The van der Waals surface area contributed by atoms with Gasteiger partial charge in [0.25, 0.3) is 0 Å². The summed E-state index contributed by atoms with van der Waals surface area (Å²) in [6.45, 7) is 1.79. The molecule has 3 N–H and O–H groups in total. The van der Waals surface area contributed by atoms with Crippen molar-refractivity contribution in [3.8, 4) is 0 Å². The summed E-state index contributed by atoms with van der Waals surface area (Å²) in [6.07, 6.45) is 3.21. The van der Waals surface area contributed by atoms with Crippen LogP contribution in [0.1, 0.15) is 36.1 Å². The lowest BCUT2D eigenvalue weighted by Gasteiger charge is -2.22. The second-order valence-electron chi connectivity index (χ2n) is 4.28. The topological polar surface area (TPSA) is 73.3 Å². The monoisotopic (exact) mass is 225 g/mol. The van der Waals surface area contributed by atoms with Gasteiger partial charge < -0.3 is 15.6 Å². The summed E-state index contributed by atoms with van der Waals surface area (Å²) in [6, 6.07) is 0. The number of ether oxygens (including phenoxy) is 1. The van der Waals surface area contributed by atoms with E-state index in [9.17, 15) is 5.11 Å². The molecule has 1 saturated heterocycles. The highest BCUT2D eigenvalue weighted by atomic mass is 16.5. The van der Waals surface area contributed by atoms with Crippen molar-refractivity contribution in [1.29, 1.82) is 0 Å². The van der Waals surface area contributed by atoms with Crippen LogP contribution in [0.25, 0.3) is 0 Å². The van der Waals surface area contributed by atoms with Gasteiger partial charge in [-0.05, 0) is 12.8 Å². The van der Waals surface area contributed by atoms with Gasteiger partial charge in [-0.2, -0.15) is 5.10 Å². The Kier molecular flexibility index (Phi) is 3.58. The molecule has 5 nitrogen and oxygen atoms in total. The average Bonchev–Trinajstić information content (AvgIpc) is 2.71. The Hall–Kier alpha value is -0.910. The molecule has 0 radical (unpaired) electrons. The molecule has 0 saturated carbocycles. The summed E-state index contributed by atoms with van der Waals surface area (Å²) in [5.74, 6) is 0.395. The quantitative estimate of drug-likeness (QED) is 0.776. The number of rotatable bonds is 3. The molecule has 1 atom stereocenters. The van der Waals surface area contributed by atoms with Crippen LogP contribution in [0, 0.1) is 0 Å². The predicted octanol–water partition coefficient (Wildman–Crippen LogP) is 0.306. The first-order valence-electron chi connectivity index (χ1n) is 5.71. The van der Waals surface area contributed by atoms with Crippen LogP contribution in [0.2, 0.25) is 0 Å². The summed E-state index contributed by atoms with van der Waals surface area (Å²) in [5.41, 5.74) is 7.36. The molecule has 2 heterocycles. The lowest BCUT2D eigenvalue weighted by molar-refractivity contribution is 0.0834. The van der Waals surface area contributed by atoms with E-state index >= 15 is 0 Å². The predicted molar refractivity (Wildman–Crippen MR) is 60.0 cm³/mol. The SMILES string of the molecule is Cn1cc([C@H](O)CN)c(C2CCOCC2)n1. The second kappa shape index (κ2) is 4.95. The molecule has 5 heteroatoms. The Morgan fingerprint density at radius 3 is 2.94 bits per heavy atom. The molecule has 0 spiro atoms. The van der Waals surface area contributed by atoms with E-state index < -0.39 is 6.10 Å². The van der Waals surface area contributed by atoms with Gasteiger partial charge in [0.2, 0.25) is 0 Å². The number of nitrogens with zero attached hydrogens (tertiary/aromatic N) is 2. The number of nitrogens with two attached hydrogens (primary N) is 1. The third-order valence-corrected chi connectivity index (χ3v) is 3.08. The lowest BCUT2D eigenvalue weighted by Crippen LogP contribution is -2.18. The van der Waals surface area contributed by atoms with Crippen molar-refractivity contribution in [3.63, 3.8) is 0 Å². The van der Waals surface area contributed by atoms with E-state index in [1.54, 1.807) is 4.68 Å². The molecular weight excluding hydrogens is 206 g/mol. The van der Waals surface area contributed by atoms with Crippen molar-refractivity contribution in [2.75, 3.05) is 19.8 Å². The first-order chi connectivity index (χ1) is 7.72.